The molecule has 0 unspecified atom stereocenters. The SMILES string of the molecule is COc1cc(CN[C@@H](C)c2ccccc2)cc(Br)c1OCc1cccc(C)c1. The molecule has 146 valence electrons. The third-order valence-corrected chi connectivity index (χ3v) is 5.26. The Morgan fingerprint density at radius 3 is 2.46 bits per heavy atom. The number of nitrogens with one attached hydrogen (secondary N) is 1. The van der Waals surface area contributed by atoms with Crippen molar-refractivity contribution in [3.05, 3.63) is 93.5 Å². The van der Waals surface area contributed by atoms with Crippen LogP contribution in [-0.4, -0.2) is 7.11 Å². The molecule has 4 heteroatoms. The lowest BCUT2D eigenvalue weighted by Gasteiger charge is -2.17. The van der Waals surface area contributed by atoms with Crippen LogP contribution in [0.2, 0.25) is 0 Å². The first-order valence-electron chi connectivity index (χ1n) is 9.40. The predicted octanol–water partition coefficient (Wildman–Crippen LogP) is 6.20. The summed E-state index contributed by atoms with van der Waals surface area (Å²) >= 11 is 3.65. The molecule has 0 bridgehead atoms. The summed E-state index contributed by atoms with van der Waals surface area (Å²) in [7, 11) is 1.67. The molecule has 1 atom stereocenters. The van der Waals surface area contributed by atoms with E-state index in [2.05, 4.69) is 83.6 Å². The zero-order valence-electron chi connectivity index (χ0n) is 16.5. The lowest BCUT2D eigenvalue weighted by molar-refractivity contribution is 0.282. The molecule has 3 aromatic rings. The molecule has 0 aliphatic heterocycles. The van der Waals surface area contributed by atoms with Crippen LogP contribution in [0.4, 0.5) is 0 Å². The molecule has 3 nitrogen and oxygen atoms in total. The third-order valence-electron chi connectivity index (χ3n) is 4.67. The number of benzene rings is 3. The number of aryl methyl sites for hydroxylation is 1. The maximum atomic E-state index is 6.06. The number of halogens is 1. The quantitative estimate of drug-likeness (QED) is 0.453. The predicted molar refractivity (Wildman–Crippen MR) is 118 cm³/mol. The van der Waals surface area contributed by atoms with Gasteiger partial charge in [-0.05, 0) is 58.6 Å². The molecule has 3 rings (SSSR count). The van der Waals surface area contributed by atoms with Gasteiger partial charge >= 0.3 is 0 Å². The maximum Gasteiger partial charge on any atom is 0.175 e. The van der Waals surface area contributed by atoms with Gasteiger partial charge in [0.05, 0.1) is 11.6 Å². The largest absolute Gasteiger partial charge is 0.493 e. The third kappa shape index (κ3) is 5.37. The van der Waals surface area contributed by atoms with Crippen molar-refractivity contribution in [2.45, 2.75) is 33.0 Å². The van der Waals surface area contributed by atoms with E-state index in [9.17, 15) is 0 Å². The molecule has 0 aliphatic rings. The van der Waals surface area contributed by atoms with Crippen LogP contribution < -0.4 is 14.8 Å². The van der Waals surface area contributed by atoms with Gasteiger partial charge < -0.3 is 14.8 Å². The zero-order valence-corrected chi connectivity index (χ0v) is 18.1. The minimum atomic E-state index is 0.267. The Bertz CT molecular complexity index is 912. The van der Waals surface area contributed by atoms with Gasteiger partial charge in [-0.2, -0.15) is 0 Å². The average Bonchev–Trinajstić information content (AvgIpc) is 2.71. The summed E-state index contributed by atoms with van der Waals surface area (Å²) in [6.45, 7) is 5.49. The van der Waals surface area contributed by atoms with Crippen molar-refractivity contribution in [1.29, 1.82) is 0 Å². The summed E-state index contributed by atoms with van der Waals surface area (Å²) in [6.07, 6.45) is 0. The molecule has 0 saturated heterocycles. The Kier molecular flexibility index (Phi) is 7.12. The van der Waals surface area contributed by atoms with Crippen LogP contribution in [0.3, 0.4) is 0 Å². The molecule has 1 N–H and O–H groups in total. The Morgan fingerprint density at radius 2 is 1.75 bits per heavy atom. The van der Waals surface area contributed by atoms with Gasteiger partial charge in [-0.3, -0.25) is 0 Å². The molecule has 0 radical (unpaired) electrons. The summed E-state index contributed by atoms with van der Waals surface area (Å²) in [5, 5.41) is 3.56. The van der Waals surface area contributed by atoms with E-state index in [4.69, 9.17) is 9.47 Å². The number of hydrogen-bond donors (Lipinski definition) is 1. The molecule has 0 fully saturated rings. The summed E-state index contributed by atoms with van der Waals surface area (Å²) < 4.78 is 12.5. The van der Waals surface area contributed by atoms with Crippen molar-refractivity contribution in [1.82, 2.24) is 5.32 Å². The van der Waals surface area contributed by atoms with Crippen molar-refractivity contribution in [2.24, 2.45) is 0 Å². The molecular formula is C24H26BrNO2. The number of hydrogen-bond acceptors (Lipinski definition) is 3. The van der Waals surface area contributed by atoms with Crippen molar-refractivity contribution in [2.75, 3.05) is 7.11 Å². The first kappa shape index (κ1) is 20.4. The molecule has 0 aliphatic carbocycles. The fraction of sp³-hybridized carbons (Fsp3) is 0.250. The van der Waals surface area contributed by atoms with E-state index in [0.717, 1.165) is 33.6 Å². The van der Waals surface area contributed by atoms with Crippen molar-refractivity contribution >= 4 is 15.9 Å². The lowest BCUT2D eigenvalue weighted by atomic mass is 10.1. The minimum absolute atomic E-state index is 0.267. The topological polar surface area (TPSA) is 30.5 Å². The highest BCUT2D eigenvalue weighted by atomic mass is 79.9. The number of methoxy groups -OCH3 is 1. The van der Waals surface area contributed by atoms with Crippen LogP contribution >= 0.6 is 15.9 Å². The van der Waals surface area contributed by atoms with Crippen LogP contribution in [0.25, 0.3) is 0 Å². The van der Waals surface area contributed by atoms with Crippen molar-refractivity contribution < 1.29 is 9.47 Å². The first-order valence-corrected chi connectivity index (χ1v) is 10.2. The summed E-state index contributed by atoms with van der Waals surface area (Å²) in [5.41, 5.74) is 4.76. The second-order valence-corrected chi connectivity index (χ2v) is 7.75. The van der Waals surface area contributed by atoms with Crippen LogP contribution in [0, 0.1) is 6.92 Å². The number of rotatable bonds is 8. The van der Waals surface area contributed by atoms with Crippen molar-refractivity contribution in [3.63, 3.8) is 0 Å². The van der Waals surface area contributed by atoms with Gasteiger partial charge in [0.25, 0.3) is 0 Å². The van der Waals surface area contributed by atoms with Gasteiger partial charge in [-0.15, -0.1) is 0 Å². The fourth-order valence-electron chi connectivity index (χ4n) is 3.10. The van der Waals surface area contributed by atoms with E-state index in [0.29, 0.717) is 6.61 Å². The van der Waals surface area contributed by atoms with E-state index in [1.807, 2.05) is 18.2 Å². The van der Waals surface area contributed by atoms with Gasteiger partial charge in [-0.1, -0.05) is 60.2 Å². The zero-order chi connectivity index (χ0) is 19.9. The summed E-state index contributed by atoms with van der Waals surface area (Å²) in [4.78, 5) is 0. The number of ether oxygens (including phenoxy) is 2. The standard InChI is InChI=1S/C24H26BrNO2/c1-17-8-7-9-19(12-17)16-28-24-22(25)13-20(14-23(24)27-3)15-26-18(2)21-10-5-4-6-11-21/h4-14,18,26H,15-16H2,1-3H3/t18-/m0/s1. The molecule has 0 aromatic heterocycles. The second-order valence-electron chi connectivity index (χ2n) is 6.90. The maximum absolute atomic E-state index is 6.06. The van der Waals surface area contributed by atoms with Crippen LogP contribution in [0.1, 0.15) is 35.2 Å². The molecule has 0 saturated carbocycles. The van der Waals surface area contributed by atoms with E-state index >= 15 is 0 Å². The van der Waals surface area contributed by atoms with E-state index in [1.54, 1.807) is 7.11 Å². The highest BCUT2D eigenvalue weighted by Crippen LogP contribution is 2.37. The Labute approximate surface area is 175 Å². The Balaban J connectivity index is 1.68. The van der Waals surface area contributed by atoms with Crippen LogP contribution in [0.5, 0.6) is 11.5 Å². The highest BCUT2D eigenvalue weighted by Gasteiger charge is 2.13. The smallest absolute Gasteiger partial charge is 0.175 e. The first-order chi connectivity index (χ1) is 13.6. The normalized spacial score (nSPS) is 11.9. The van der Waals surface area contributed by atoms with Gasteiger partial charge in [0, 0.05) is 12.6 Å². The fourth-order valence-corrected chi connectivity index (χ4v) is 3.71. The average molecular weight is 440 g/mol. The van der Waals surface area contributed by atoms with Gasteiger partial charge in [-0.25, -0.2) is 0 Å². The van der Waals surface area contributed by atoms with Gasteiger partial charge in [0.15, 0.2) is 11.5 Å². The Morgan fingerprint density at radius 1 is 0.964 bits per heavy atom. The summed E-state index contributed by atoms with van der Waals surface area (Å²) in [5.74, 6) is 1.45. The second kappa shape index (κ2) is 9.76. The van der Waals surface area contributed by atoms with E-state index in [-0.39, 0.29) is 6.04 Å². The minimum Gasteiger partial charge on any atom is -0.493 e. The molecular weight excluding hydrogens is 414 g/mol. The molecule has 3 aromatic carbocycles. The lowest BCUT2D eigenvalue weighted by Crippen LogP contribution is -2.18. The molecule has 0 heterocycles. The summed E-state index contributed by atoms with van der Waals surface area (Å²) in [6, 6.07) is 23.1. The highest BCUT2D eigenvalue weighted by molar-refractivity contribution is 9.10. The molecule has 28 heavy (non-hydrogen) atoms. The van der Waals surface area contributed by atoms with Gasteiger partial charge in [0.1, 0.15) is 6.61 Å². The van der Waals surface area contributed by atoms with Crippen LogP contribution in [-0.2, 0) is 13.2 Å². The molecule has 0 spiro atoms. The Hall–Kier alpha value is -2.30. The van der Waals surface area contributed by atoms with Gasteiger partial charge in [0.2, 0.25) is 0 Å². The van der Waals surface area contributed by atoms with Crippen molar-refractivity contribution in [3.8, 4) is 11.5 Å². The van der Waals surface area contributed by atoms with E-state index < -0.39 is 0 Å². The monoisotopic (exact) mass is 439 g/mol. The molecule has 0 amide bonds. The van der Waals surface area contributed by atoms with Crippen LogP contribution in [0.15, 0.2) is 71.2 Å². The van der Waals surface area contributed by atoms with E-state index in [1.165, 1.54) is 11.1 Å².